The average Bonchev–Trinajstić information content (AvgIpc) is 3.25. The summed E-state index contributed by atoms with van der Waals surface area (Å²) in [6, 6.07) is 30.6. The predicted molar refractivity (Wildman–Crippen MR) is 224 cm³/mol. The Morgan fingerprint density at radius 2 is 1.66 bits per heavy atom. The van der Waals surface area contributed by atoms with E-state index in [1.54, 1.807) is 6.20 Å². The lowest BCUT2D eigenvalue weighted by molar-refractivity contribution is -0.143. The third-order valence-electron chi connectivity index (χ3n) is 12.2. The second kappa shape index (κ2) is 17.4. The number of aromatic nitrogens is 1. The van der Waals surface area contributed by atoms with E-state index in [9.17, 15) is 14.7 Å². The molecule has 9 nitrogen and oxygen atoms in total. The fourth-order valence-corrected chi connectivity index (χ4v) is 8.86. The molecule has 9 heteroatoms. The molecule has 1 aliphatic carbocycles. The number of carboxylic acid groups (broad SMARTS) is 1. The second-order valence-electron chi connectivity index (χ2n) is 16.0. The smallest absolute Gasteiger partial charge is 0.326 e. The zero-order valence-corrected chi connectivity index (χ0v) is 33.7. The number of aliphatic carboxylic acids is 1. The summed E-state index contributed by atoms with van der Waals surface area (Å²) in [7, 11) is 0. The lowest BCUT2D eigenvalue weighted by Gasteiger charge is -2.42. The maximum Gasteiger partial charge on any atom is 0.326 e. The van der Waals surface area contributed by atoms with Gasteiger partial charge in [0.2, 0.25) is 5.91 Å². The van der Waals surface area contributed by atoms with E-state index >= 15 is 0 Å². The lowest BCUT2D eigenvalue weighted by Crippen LogP contribution is -2.55. The molecule has 0 unspecified atom stereocenters. The summed E-state index contributed by atoms with van der Waals surface area (Å²) in [4.78, 5) is 33.7. The molecule has 4 atom stereocenters. The highest BCUT2D eigenvalue weighted by Crippen LogP contribution is 2.43. The molecule has 3 aliphatic rings. The van der Waals surface area contributed by atoms with Crippen molar-refractivity contribution in [1.82, 2.24) is 15.2 Å². The quantitative estimate of drug-likeness (QED) is 0.129. The van der Waals surface area contributed by atoms with Gasteiger partial charge in [0.05, 0.1) is 12.1 Å². The van der Waals surface area contributed by atoms with Crippen molar-refractivity contribution in [3.63, 3.8) is 0 Å². The van der Waals surface area contributed by atoms with Gasteiger partial charge in [-0.3, -0.25) is 14.7 Å². The number of benzene rings is 4. The Morgan fingerprint density at radius 1 is 0.914 bits per heavy atom. The van der Waals surface area contributed by atoms with E-state index in [4.69, 9.17) is 14.2 Å². The van der Waals surface area contributed by atoms with Crippen molar-refractivity contribution in [2.45, 2.75) is 109 Å². The van der Waals surface area contributed by atoms with Gasteiger partial charge in [0, 0.05) is 30.9 Å². The highest BCUT2D eigenvalue weighted by atomic mass is 16.6. The number of amides is 1. The number of aryl methyl sites for hydroxylation is 1. The first-order chi connectivity index (χ1) is 28.2. The lowest BCUT2D eigenvalue weighted by atomic mass is 9.89. The van der Waals surface area contributed by atoms with Crippen molar-refractivity contribution in [3.8, 4) is 28.4 Å². The fraction of sp³-hybridized carbons (Fsp3) is 0.367. The van der Waals surface area contributed by atoms with Gasteiger partial charge < -0.3 is 24.6 Å². The standard InChI is InChI=1S/C49H53N3O6/c1-4-43(35-11-7-5-8-12-35)52-29-38-28-46-45(56-30-47(58-46)36-19-21-40(22-20-36)57-39-13-9-6-10-14-39)27-37(38)26-44(52)48(53)51-42(49(54)55)25-33-15-17-34(18-16-33)41-23-24-50-32(3)31(41)2/h5,7-8,11-12,15-24,27-28,39,42-44,47H,4,6,9-10,13-14,25-26,29-30H2,1-3H3,(H,51,53)(H,54,55)/t42-,43-,44-,47+/m0/s1. The summed E-state index contributed by atoms with van der Waals surface area (Å²) in [6.07, 6.45) is 9.12. The first-order valence-electron chi connectivity index (χ1n) is 20.8. The number of pyridine rings is 1. The predicted octanol–water partition coefficient (Wildman–Crippen LogP) is 9.28. The Hall–Kier alpha value is -5.67. The van der Waals surface area contributed by atoms with Crippen LogP contribution in [0.15, 0.2) is 103 Å². The fourth-order valence-electron chi connectivity index (χ4n) is 8.86. The zero-order valence-electron chi connectivity index (χ0n) is 33.7. The molecule has 8 rings (SSSR count). The minimum atomic E-state index is -1.10. The van der Waals surface area contributed by atoms with Crippen LogP contribution in [0, 0.1) is 13.8 Å². The van der Waals surface area contributed by atoms with Gasteiger partial charge in [-0.2, -0.15) is 0 Å². The van der Waals surface area contributed by atoms with E-state index in [0.717, 1.165) is 75.2 Å². The molecule has 0 spiro atoms. The van der Waals surface area contributed by atoms with Crippen LogP contribution in [0.25, 0.3) is 11.1 Å². The first kappa shape index (κ1) is 39.2. The van der Waals surface area contributed by atoms with Crippen LogP contribution in [-0.2, 0) is 29.0 Å². The van der Waals surface area contributed by atoms with Gasteiger partial charge in [0.1, 0.15) is 18.4 Å². The number of carbonyl (C=O) groups excluding carboxylic acids is 1. The molecule has 58 heavy (non-hydrogen) atoms. The molecular weight excluding hydrogens is 727 g/mol. The molecule has 0 saturated heterocycles. The van der Waals surface area contributed by atoms with Crippen LogP contribution in [0.4, 0.5) is 0 Å². The maximum atomic E-state index is 14.4. The largest absolute Gasteiger partial charge is 0.490 e. The van der Waals surface area contributed by atoms with Crippen LogP contribution < -0.4 is 19.5 Å². The van der Waals surface area contributed by atoms with Crippen molar-refractivity contribution in [3.05, 3.63) is 142 Å². The number of nitrogens with zero attached hydrogens (tertiary/aromatic N) is 2. The third kappa shape index (κ3) is 8.60. The molecule has 5 aromatic rings. The van der Waals surface area contributed by atoms with E-state index < -0.39 is 18.1 Å². The molecule has 1 aromatic heterocycles. The maximum absolute atomic E-state index is 14.4. The Labute approximate surface area is 341 Å². The SMILES string of the molecule is CC[C@@H](c1ccccc1)N1Cc2cc3c(cc2C[C@H]1C(=O)N[C@@H](Cc1ccc(-c2ccnc(C)c2C)cc1)C(=O)O)OC[C@H](c1ccc(OC2CCCCC2)cc1)O3. The van der Waals surface area contributed by atoms with Crippen LogP contribution in [-0.4, -0.2) is 51.7 Å². The number of fused-ring (bicyclic) bond motifs is 2. The van der Waals surface area contributed by atoms with Crippen molar-refractivity contribution >= 4 is 11.9 Å². The first-order valence-corrected chi connectivity index (χ1v) is 20.8. The van der Waals surface area contributed by atoms with Gasteiger partial charge >= 0.3 is 5.97 Å². The van der Waals surface area contributed by atoms with Gasteiger partial charge in [0.25, 0.3) is 0 Å². The van der Waals surface area contributed by atoms with E-state index in [-0.39, 0.29) is 24.5 Å². The Kier molecular flexibility index (Phi) is 11.8. The second-order valence-corrected chi connectivity index (χ2v) is 16.0. The van der Waals surface area contributed by atoms with Crippen LogP contribution >= 0.6 is 0 Å². The number of carbonyl (C=O) groups is 2. The van der Waals surface area contributed by atoms with E-state index in [2.05, 4.69) is 59.4 Å². The summed E-state index contributed by atoms with van der Waals surface area (Å²) < 4.78 is 19.2. The molecule has 0 bridgehead atoms. The highest BCUT2D eigenvalue weighted by molar-refractivity contribution is 5.87. The van der Waals surface area contributed by atoms with Crippen LogP contribution in [0.3, 0.4) is 0 Å². The number of ether oxygens (including phenoxy) is 3. The van der Waals surface area contributed by atoms with Gasteiger partial charge in [-0.15, -0.1) is 0 Å². The number of hydrogen-bond donors (Lipinski definition) is 2. The van der Waals surface area contributed by atoms with E-state index in [1.165, 1.54) is 19.3 Å². The molecule has 1 saturated carbocycles. The Balaban J connectivity index is 1.01. The summed E-state index contributed by atoms with van der Waals surface area (Å²) in [6.45, 7) is 7.01. The topological polar surface area (TPSA) is 110 Å². The molecule has 300 valence electrons. The summed E-state index contributed by atoms with van der Waals surface area (Å²) in [5, 5.41) is 13.3. The minimum absolute atomic E-state index is 0.0727. The molecular formula is C49H53N3O6. The number of nitrogens with one attached hydrogen (secondary N) is 1. The van der Waals surface area contributed by atoms with Crippen molar-refractivity contribution in [2.24, 2.45) is 0 Å². The molecule has 2 N–H and O–H groups in total. The van der Waals surface area contributed by atoms with Crippen molar-refractivity contribution < 1.29 is 28.9 Å². The van der Waals surface area contributed by atoms with Crippen molar-refractivity contribution in [2.75, 3.05) is 6.61 Å². The third-order valence-corrected chi connectivity index (χ3v) is 12.2. The Bertz CT molecular complexity index is 2220. The number of rotatable bonds is 12. The summed E-state index contributed by atoms with van der Waals surface area (Å²) in [5.41, 5.74) is 9.21. The molecule has 1 amide bonds. The normalized spacial score (nSPS) is 19.1. The number of hydrogen-bond acceptors (Lipinski definition) is 7. The number of carboxylic acids is 1. The zero-order chi connectivity index (χ0) is 40.2. The van der Waals surface area contributed by atoms with Gasteiger partial charge in [-0.05, 0) is 127 Å². The van der Waals surface area contributed by atoms with Gasteiger partial charge in [-0.1, -0.05) is 80.1 Å². The summed E-state index contributed by atoms with van der Waals surface area (Å²) in [5.74, 6) is 0.840. The van der Waals surface area contributed by atoms with Crippen LogP contribution in [0.1, 0.15) is 96.7 Å². The van der Waals surface area contributed by atoms with Crippen LogP contribution in [0.2, 0.25) is 0 Å². The van der Waals surface area contributed by atoms with Crippen LogP contribution in [0.5, 0.6) is 17.2 Å². The Morgan fingerprint density at radius 3 is 2.38 bits per heavy atom. The summed E-state index contributed by atoms with van der Waals surface area (Å²) >= 11 is 0. The van der Waals surface area contributed by atoms with E-state index in [0.29, 0.717) is 37.2 Å². The minimum Gasteiger partial charge on any atom is -0.490 e. The van der Waals surface area contributed by atoms with Crippen molar-refractivity contribution in [1.29, 1.82) is 0 Å². The molecule has 0 radical (unpaired) electrons. The highest BCUT2D eigenvalue weighted by Gasteiger charge is 2.39. The molecule has 2 aliphatic heterocycles. The van der Waals surface area contributed by atoms with Gasteiger partial charge in [0.15, 0.2) is 17.6 Å². The molecule has 1 fully saturated rings. The monoisotopic (exact) mass is 779 g/mol. The van der Waals surface area contributed by atoms with E-state index in [1.807, 2.05) is 73.7 Å². The van der Waals surface area contributed by atoms with Gasteiger partial charge in [-0.25, -0.2) is 4.79 Å². The molecule has 3 heterocycles. The molecule has 4 aromatic carbocycles. The average molecular weight is 780 g/mol.